The number of fused-ring (bicyclic) bond motifs is 1. The number of hydrogen-bond donors (Lipinski definition) is 1. The molecule has 0 aliphatic carbocycles. The third-order valence-corrected chi connectivity index (χ3v) is 3.92. The number of thiazole rings is 1. The Bertz CT molecular complexity index is 765. The first-order chi connectivity index (χ1) is 10.2. The second kappa shape index (κ2) is 5.83. The smallest absolute Gasteiger partial charge is 0.243 e. The molecular weight excluding hydrogens is 289 g/mol. The van der Waals surface area contributed by atoms with Crippen LogP contribution in [-0.4, -0.2) is 15.9 Å². The van der Waals surface area contributed by atoms with Gasteiger partial charge in [-0.05, 0) is 31.2 Å². The summed E-state index contributed by atoms with van der Waals surface area (Å²) in [5.41, 5.74) is 1.84. The Balaban J connectivity index is 1.99. The first-order valence-corrected chi connectivity index (χ1v) is 7.66. The van der Waals surface area contributed by atoms with Crippen LogP contribution >= 0.6 is 11.3 Å². The predicted molar refractivity (Wildman–Crippen MR) is 81.7 cm³/mol. The second-order valence-corrected chi connectivity index (χ2v) is 5.61. The van der Waals surface area contributed by atoms with E-state index in [1.54, 1.807) is 12.1 Å². The van der Waals surface area contributed by atoms with E-state index in [1.807, 2.05) is 29.8 Å². The fraction of sp³-hybridized carbons (Fsp3) is 0.267. The van der Waals surface area contributed by atoms with Gasteiger partial charge in [0.1, 0.15) is 5.69 Å². The van der Waals surface area contributed by atoms with Crippen molar-refractivity contribution in [1.82, 2.24) is 14.7 Å². The Labute approximate surface area is 126 Å². The summed E-state index contributed by atoms with van der Waals surface area (Å²) >= 11 is 1.52. The number of halogens is 1. The summed E-state index contributed by atoms with van der Waals surface area (Å²) in [6, 6.07) is 4.81. The number of aromatic nitrogens is 2. The molecule has 0 unspecified atom stereocenters. The van der Waals surface area contributed by atoms with E-state index < -0.39 is 0 Å². The number of ether oxygens (including phenoxy) is 1. The predicted octanol–water partition coefficient (Wildman–Crippen LogP) is 3.75. The minimum absolute atomic E-state index is 0.207. The third-order valence-electron chi connectivity index (χ3n) is 3.16. The van der Waals surface area contributed by atoms with E-state index in [4.69, 9.17) is 4.74 Å². The molecule has 0 saturated carbocycles. The van der Waals surface area contributed by atoms with Gasteiger partial charge in [0, 0.05) is 18.1 Å². The lowest BCUT2D eigenvalue weighted by Crippen LogP contribution is -2.13. The number of benzene rings is 1. The highest BCUT2D eigenvalue weighted by atomic mass is 32.1. The summed E-state index contributed by atoms with van der Waals surface area (Å²) in [4.78, 5) is 5.28. The topological polar surface area (TPSA) is 38.6 Å². The molecule has 1 aromatic carbocycles. The highest BCUT2D eigenvalue weighted by Gasteiger charge is 2.16. The van der Waals surface area contributed by atoms with Crippen molar-refractivity contribution in [3.8, 4) is 11.6 Å². The van der Waals surface area contributed by atoms with Crippen LogP contribution in [-0.2, 0) is 6.54 Å². The molecule has 3 aromatic rings. The number of nitrogens with one attached hydrogen (secondary N) is 1. The van der Waals surface area contributed by atoms with Crippen molar-refractivity contribution in [1.29, 1.82) is 0 Å². The van der Waals surface area contributed by atoms with Crippen molar-refractivity contribution in [3.05, 3.63) is 46.9 Å². The quantitative estimate of drug-likeness (QED) is 0.780. The van der Waals surface area contributed by atoms with Gasteiger partial charge in [0.15, 0.2) is 16.5 Å². The van der Waals surface area contributed by atoms with Crippen LogP contribution in [0.3, 0.4) is 0 Å². The lowest BCUT2D eigenvalue weighted by Gasteiger charge is -2.08. The van der Waals surface area contributed by atoms with Crippen LogP contribution in [0.15, 0.2) is 29.8 Å². The lowest BCUT2D eigenvalue weighted by molar-refractivity contribution is 0.422. The number of rotatable bonds is 5. The summed E-state index contributed by atoms with van der Waals surface area (Å²) in [7, 11) is 0. The number of hydrogen-bond acceptors (Lipinski definition) is 4. The average molecular weight is 305 g/mol. The molecular formula is C15H16FN3OS. The van der Waals surface area contributed by atoms with E-state index in [0.29, 0.717) is 12.4 Å². The maximum atomic E-state index is 13.8. The standard InChI is InChI=1S/C15H16FN3OS/c1-3-17-9-12-14(18-15-19(12)6-7-21-15)20-13-8-10(2)4-5-11(13)16/h4-8,17H,3,9H2,1-2H3. The zero-order chi connectivity index (χ0) is 14.8. The van der Waals surface area contributed by atoms with Crippen molar-refractivity contribution in [2.75, 3.05) is 6.54 Å². The van der Waals surface area contributed by atoms with Crippen LogP contribution < -0.4 is 10.1 Å². The molecule has 0 atom stereocenters. The highest BCUT2D eigenvalue weighted by molar-refractivity contribution is 7.15. The Hall–Kier alpha value is -1.92. The first kappa shape index (κ1) is 14.0. The molecule has 0 fully saturated rings. The average Bonchev–Trinajstić information content (AvgIpc) is 3.02. The van der Waals surface area contributed by atoms with Gasteiger partial charge < -0.3 is 10.1 Å². The van der Waals surface area contributed by atoms with Crippen molar-refractivity contribution in [3.63, 3.8) is 0 Å². The Morgan fingerprint density at radius 2 is 2.29 bits per heavy atom. The molecule has 21 heavy (non-hydrogen) atoms. The normalized spacial score (nSPS) is 11.2. The molecule has 0 aliphatic rings. The maximum absolute atomic E-state index is 13.8. The van der Waals surface area contributed by atoms with E-state index in [1.165, 1.54) is 17.4 Å². The van der Waals surface area contributed by atoms with Crippen LogP contribution in [0.1, 0.15) is 18.2 Å². The van der Waals surface area contributed by atoms with Gasteiger partial charge in [-0.3, -0.25) is 4.40 Å². The number of aryl methyl sites for hydroxylation is 1. The summed E-state index contributed by atoms with van der Waals surface area (Å²) in [5, 5.41) is 5.22. The molecule has 0 radical (unpaired) electrons. The van der Waals surface area contributed by atoms with Gasteiger partial charge >= 0.3 is 0 Å². The van der Waals surface area contributed by atoms with Crippen molar-refractivity contribution in [2.24, 2.45) is 0 Å². The molecule has 0 aliphatic heterocycles. The summed E-state index contributed by atoms with van der Waals surface area (Å²) in [5.74, 6) is 0.275. The van der Waals surface area contributed by atoms with Crippen LogP contribution in [0.5, 0.6) is 11.6 Å². The fourth-order valence-electron chi connectivity index (χ4n) is 2.09. The van der Waals surface area contributed by atoms with Gasteiger partial charge in [-0.2, -0.15) is 4.98 Å². The molecule has 6 heteroatoms. The van der Waals surface area contributed by atoms with Gasteiger partial charge in [-0.1, -0.05) is 13.0 Å². The monoisotopic (exact) mass is 305 g/mol. The van der Waals surface area contributed by atoms with E-state index in [2.05, 4.69) is 10.3 Å². The molecule has 1 N–H and O–H groups in total. The molecule has 110 valence electrons. The van der Waals surface area contributed by atoms with Crippen LogP contribution in [0.2, 0.25) is 0 Å². The van der Waals surface area contributed by atoms with Crippen molar-refractivity contribution in [2.45, 2.75) is 20.4 Å². The van der Waals surface area contributed by atoms with Gasteiger partial charge in [0.05, 0.1) is 0 Å². The van der Waals surface area contributed by atoms with Gasteiger partial charge in [-0.15, -0.1) is 11.3 Å². The zero-order valence-corrected chi connectivity index (χ0v) is 12.7. The largest absolute Gasteiger partial charge is 0.434 e. The summed E-state index contributed by atoms with van der Waals surface area (Å²) in [6.07, 6.45) is 1.94. The summed E-state index contributed by atoms with van der Waals surface area (Å²) < 4.78 is 21.5. The maximum Gasteiger partial charge on any atom is 0.243 e. The first-order valence-electron chi connectivity index (χ1n) is 6.78. The molecule has 0 amide bonds. The molecule has 0 bridgehead atoms. The van der Waals surface area contributed by atoms with E-state index in [-0.39, 0.29) is 11.6 Å². The fourth-order valence-corrected chi connectivity index (χ4v) is 2.82. The number of nitrogens with zero attached hydrogens (tertiary/aromatic N) is 2. The van der Waals surface area contributed by atoms with Crippen molar-refractivity contribution < 1.29 is 9.13 Å². The Kier molecular flexibility index (Phi) is 3.90. The van der Waals surface area contributed by atoms with Crippen LogP contribution in [0, 0.1) is 12.7 Å². The molecule has 2 aromatic heterocycles. The SMILES string of the molecule is CCNCc1c(Oc2cc(C)ccc2F)nc2sccn12. The van der Waals surface area contributed by atoms with Gasteiger partial charge in [0.25, 0.3) is 0 Å². The van der Waals surface area contributed by atoms with Crippen LogP contribution in [0.4, 0.5) is 4.39 Å². The van der Waals surface area contributed by atoms with E-state index in [9.17, 15) is 4.39 Å². The molecule has 0 saturated heterocycles. The number of imidazole rings is 1. The Morgan fingerprint density at radius 1 is 1.43 bits per heavy atom. The second-order valence-electron chi connectivity index (χ2n) is 4.74. The zero-order valence-electron chi connectivity index (χ0n) is 11.9. The molecule has 4 nitrogen and oxygen atoms in total. The third kappa shape index (κ3) is 2.77. The van der Waals surface area contributed by atoms with Crippen molar-refractivity contribution >= 4 is 16.3 Å². The molecule has 0 spiro atoms. The van der Waals surface area contributed by atoms with E-state index in [0.717, 1.165) is 22.8 Å². The minimum Gasteiger partial charge on any atom is -0.434 e. The molecule has 3 rings (SSSR count). The van der Waals surface area contributed by atoms with Crippen LogP contribution in [0.25, 0.3) is 4.96 Å². The molecule has 2 heterocycles. The van der Waals surface area contributed by atoms with E-state index >= 15 is 0 Å². The summed E-state index contributed by atoms with van der Waals surface area (Å²) in [6.45, 7) is 5.40. The minimum atomic E-state index is -0.383. The Morgan fingerprint density at radius 3 is 3.10 bits per heavy atom. The van der Waals surface area contributed by atoms with Gasteiger partial charge in [-0.25, -0.2) is 4.39 Å². The lowest BCUT2D eigenvalue weighted by atomic mass is 10.2. The highest BCUT2D eigenvalue weighted by Crippen LogP contribution is 2.29. The van der Waals surface area contributed by atoms with Gasteiger partial charge in [0.2, 0.25) is 5.88 Å².